The molecule has 0 spiro atoms. The molecule has 2 atom stereocenters. The zero-order valence-corrected chi connectivity index (χ0v) is 46.6. The molecule has 4 N–H and O–H groups in total. The van der Waals surface area contributed by atoms with E-state index in [9.17, 15) is 9.59 Å². The van der Waals surface area contributed by atoms with Crippen LogP contribution in [0.4, 0.5) is 21.2 Å². The van der Waals surface area contributed by atoms with Crippen LogP contribution in [0.25, 0.3) is 33.5 Å². The van der Waals surface area contributed by atoms with Crippen LogP contribution in [0, 0.1) is 0 Å². The zero-order valence-electron chi connectivity index (χ0n) is 44.6. The Morgan fingerprint density at radius 1 is 0.778 bits per heavy atom. The Morgan fingerprint density at radius 3 is 2.06 bits per heavy atom. The number of hydrogen-bond donors (Lipinski definition) is 3. The van der Waals surface area contributed by atoms with Crippen LogP contribution in [0.3, 0.4) is 0 Å². The summed E-state index contributed by atoms with van der Waals surface area (Å²) >= 11 is 0. The van der Waals surface area contributed by atoms with Crippen molar-refractivity contribution in [1.82, 2.24) is 59.4 Å². The molecule has 6 aromatic heterocycles. The molecule has 2 amide bonds. The van der Waals surface area contributed by atoms with E-state index in [2.05, 4.69) is 65.0 Å². The normalized spacial score (nSPS) is 17.0. The number of nitrogens with zero attached hydrogens (tertiary/aromatic N) is 11. The molecule has 392 valence electrons. The Labute approximate surface area is 425 Å². The van der Waals surface area contributed by atoms with Crippen LogP contribution in [-0.4, -0.2) is 140 Å². The quantitative estimate of drug-likeness (QED) is 0.0496. The standard InChI is InChI=1S/C36H61N7O6Si2.C14H17N7/c1-35(2,3)48-33(44)40-15-13-14-27(23-40)30-20-31(42(34(45)49-36(4,5)6)26-47-17-19-51(10,11)12)43-32(39-30)29(22-38-43)28-21-37-41(24-28)25-46-16-18-50(7,8)9;15-13-4-12(9-2-1-3-16-5-9)20-14-11(8-19-21(13)14)10-6-17-18-7-10/h20-22,24,27H,13-19,23,25-26H2,1-12H3;4,6-9,16H,1-3,5,15H2,(H,17,18). The minimum absolute atomic E-state index is 0.0193. The monoisotopic (exact) mass is 1030 g/mol. The van der Waals surface area contributed by atoms with E-state index >= 15 is 0 Å². The lowest BCUT2D eigenvalue weighted by Gasteiger charge is -2.34. The average Bonchev–Trinajstić information content (AvgIpc) is 4.14. The minimum Gasteiger partial charge on any atom is -0.444 e. The second kappa shape index (κ2) is 22.6. The third-order valence-corrected chi connectivity index (χ3v) is 15.7. The van der Waals surface area contributed by atoms with Gasteiger partial charge in [0.1, 0.15) is 36.3 Å². The number of rotatable bonds is 15. The molecule has 0 radical (unpaired) electrons. The molecule has 8 rings (SSSR count). The summed E-state index contributed by atoms with van der Waals surface area (Å²) in [5, 5.41) is 23.9. The average molecular weight is 1030 g/mol. The van der Waals surface area contributed by atoms with Crippen molar-refractivity contribution in [2.75, 3.05) is 56.8 Å². The summed E-state index contributed by atoms with van der Waals surface area (Å²) in [6.45, 7) is 29.6. The van der Waals surface area contributed by atoms with Crippen LogP contribution in [0.1, 0.15) is 90.4 Å². The number of likely N-dealkylation sites (tertiary alicyclic amines) is 1. The van der Waals surface area contributed by atoms with Gasteiger partial charge in [0.2, 0.25) is 0 Å². The third-order valence-electron chi connectivity index (χ3n) is 12.3. The van der Waals surface area contributed by atoms with E-state index in [4.69, 9.17) is 39.7 Å². The first-order chi connectivity index (χ1) is 33.9. The predicted octanol–water partition coefficient (Wildman–Crippen LogP) is 9.24. The Balaban J connectivity index is 0.000000297. The van der Waals surface area contributed by atoms with E-state index in [1.807, 2.05) is 66.1 Å². The van der Waals surface area contributed by atoms with Gasteiger partial charge >= 0.3 is 12.2 Å². The number of aromatic nitrogens is 10. The van der Waals surface area contributed by atoms with Gasteiger partial charge in [-0.3, -0.25) is 5.10 Å². The topological polar surface area (TPSA) is 222 Å². The lowest BCUT2D eigenvalue weighted by molar-refractivity contribution is 0.0197. The van der Waals surface area contributed by atoms with Crippen molar-refractivity contribution in [3.8, 4) is 22.3 Å². The van der Waals surface area contributed by atoms with Gasteiger partial charge in [0.05, 0.1) is 36.2 Å². The number of H-pyrrole nitrogens is 1. The first-order valence-electron chi connectivity index (χ1n) is 25.3. The molecule has 2 aliphatic rings. The molecule has 0 aliphatic carbocycles. The van der Waals surface area contributed by atoms with Gasteiger partial charge in [0.15, 0.2) is 11.3 Å². The second-order valence-corrected chi connectivity index (χ2v) is 34.6. The van der Waals surface area contributed by atoms with E-state index < -0.39 is 33.4 Å². The molecule has 22 heteroatoms. The van der Waals surface area contributed by atoms with Crippen LogP contribution in [-0.2, 0) is 25.7 Å². The molecule has 0 saturated carbocycles. The summed E-state index contributed by atoms with van der Waals surface area (Å²) in [7, 11) is -2.58. The maximum Gasteiger partial charge on any atom is 0.417 e. The van der Waals surface area contributed by atoms with Crippen LogP contribution < -0.4 is 16.0 Å². The van der Waals surface area contributed by atoms with Crippen molar-refractivity contribution < 1.29 is 28.5 Å². The van der Waals surface area contributed by atoms with Crippen molar-refractivity contribution in [3.05, 3.63) is 60.7 Å². The highest BCUT2D eigenvalue weighted by Gasteiger charge is 2.33. The number of ether oxygens (including phenoxy) is 4. The molecular weight excluding hydrogens is 949 g/mol. The van der Waals surface area contributed by atoms with Crippen molar-refractivity contribution in [2.45, 2.75) is 148 Å². The van der Waals surface area contributed by atoms with Gasteiger partial charge in [0.25, 0.3) is 0 Å². The maximum atomic E-state index is 13.9. The fourth-order valence-corrected chi connectivity index (χ4v) is 9.89. The number of amides is 2. The fraction of sp³-hybridized carbons (Fsp3) is 0.600. The number of hydrogen-bond acceptors (Lipinski definition) is 14. The largest absolute Gasteiger partial charge is 0.444 e. The van der Waals surface area contributed by atoms with E-state index in [1.165, 1.54) is 11.3 Å². The summed E-state index contributed by atoms with van der Waals surface area (Å²) in [5.74, 6) is 1.40. The Hall–Kier alpha value is -5.69. The SMILES string of the molecule is CC(C)(C)OC(=O)N1CCCC(c2cc(N(COCC[Si](C)(C)C)C(=O)OC(C)(C)C)n3ncc(-c4cnn(COCC[Si](C)(C)C)c4)c3n2)C1.Nc1cc(C2CCCNC2)nc2c(-c3cn[nH]c3)cnn12. The highest BCUT2D eigenvalue weighted by atomic mass is 28.3. The summed E-state index contributed by atoms with van der Waals surface area (Å²) in [6.07, 6.45) is 13.9. The van der Waals surface area contributed by atoms with Gasteiger partial charge in [-0.05, 0) is 85.9 Å². The number of carbonyl (C=O) groups excluding carboxylic acids is 2. The molecule has 0 aromatic carbocycles. The van der Waals surface area contributed by atoms with Gasteiger partial charge < -0.3 is 34.9 Å². The van der Waals surface area contributed by atoms with Crippen molar-refractivity contribution in [2.24, 2.45) is 0 Å². The van der Waals surface area contributed by atoms with Crippen LogP contribution in [0.15, 0.2) is 49.3 Å². The smallest absolute Gasteiger partial charge is 0.417 e. The van der Waals surface area contributed by atoms with Gasteiger partial charge in [0, 0.05) is 108 Å². The van der Waals surface area contributed by atoms with E-state index in [0.29, 0.717) is 56.2 Å². The Morgan fingerprint density at radius 2 is 1.42 bits per heavy atom. The highest BCUT2D eigenvalue weighted by molar-refractivity contribution is 6.76. The van der Waals surface area contributed by atoms with E-state index in [1.54, 1.807) is 43.4 Å². The minimum atomic E-state index is -1.38. The van der Waals surface area contributed by atoms with Crippen LogP contribution >= 0.6 is 0 Å². The van der Waals surface area contributed by atoms with Crippen molar-refractivity contribution >= 4 is 51.3 Å². The molecule has 0 bridgehead atoms. The number of fused-ring (bicyclic) bond motifs is 2. The Kier molecular flexibility index (Phi) is 17.0. The number of piperidine rings is 2. The number of anilines is 2. The van der Waals surface area contributed by atoms with Crippen molar-refractivity contribution in [3.63, 3.8) is 0 Å². The van der Waals surface area contributed by atoms with Crippen LogP contribution in [0.5, 0.6) is 0 Å². The molecule has 8 heterocycles. The number of aromatic amines is 1. The molecule has 2 unspecified atom stereocenters. The molecule has 2 aliphatic heterocycles. The first-order valence-corrected chi connectivity index (χ1v) is 32.7. The van der Waals surface area contributed by atoms with Gasteiger partial charge in [-0.15, -0.1) is 0 Å². The van der Waals surface area contributed by atoms with Crippen molar-refractivity contribution in [1.29, 1.82) is 0 Å². The van der Waals surface area contributed by atoms with Crippen LogP contribution in [0.2, 0.25) is 51.4 Å². The van der Waals surface area contributed by atoms with E-state index in [-0.39, 0.29) is 18.7 Å². The zero-order chi connectivity index (χ0) is 52.0. The van der Waals surface area contributed by atoms with E-state index in [0.717, 1.165) is 83.7 Å². The lowest BCUT2D eigenvalue weighted by Crippen LogP contribution is -2.42. The molecule has 2 fully saturated rings. The number of nitrogen functional groups attached to an aromatic ring is 1. The first kappa shape index (κ1) is 54.1. The van der Waals surface area contributed by atoms with Gasteiger partial charge in [-0.2, -0.15) is 29.4 Å². The molecule has 20 nitrogen and oxygen atoms in total. The molecule has 6 aromatic rings. The number of nitrogens with one attached hydrogen (secondary N) is 2. The highest BCUT2D eigenvalue weighted by Crippen LogP contribution is 2.34. The van der Waals surface area contributed by atoms with Gasteiger partial charge in [-0.25, -0.2) is 29.1 Å². The van der Waals surface area contributed by atoms with Gasteiger partial charge in [-0.1, -0.05) is 39.3 Å². The number of carbonyl (C=O) groups is 2. The lowest BCUT2D eigenvalue weighted by atomic mass is 9.94. The second-order valence-electron chi connectivity index (χ2n) is 23.4. The predicted molar refractivity (Wildman–Crippen MR) is 286 cm³/mol. The summed E-state index contributed by atoms with van der Waals surface area (Å²) < 4.78 is 28.8. The Bertz CT molecular complexity index is 2740. The third kappa shape index (κ3) is 14.7. The molecular formula is C50H78N14O6Si2. The summed E-state index contributed by atoms with van der Waals surface area (Å²) in [4.78, 5) is 40.3. The number of nitrogens with two attached hydrogens (primary N) is 1. The maximum absolute atomic E-state index is 13.9. The summed E-state index contributed by atoms with van der Waals surface area (Å²) in [5.41, 5.74) is 11.4. The summed E-state index contributed by atoms with van der Waals surface area (Å²) in [6, 6.07) is 5.85. The molecule has 72 heavy (non-hydrogen) atoms. The molecule has 2 saturated heterocycles. The fourth-order valence-electron chi connectivity index (χ4n) is 8.38.